The van der Waals surface area contributed by atoms with Crippen molar-refractivity contribution in [1.29, 1.82) is 0 Å². The lowest BCUT2D eigenvalue weighted by atomic mass is 9.92. The third-order valence-corrected chi connectivity index (χ3v) is 7.26. The van der Waals surface area contributed by atoms with Crippen molar-refractivity contribution in [2.24, 2.45) is 0 Å². The van der Waals surface area contributed by atoms with Crippen LogP contribution >= 0.6 is 0 Å². The highest BCUT2D eigenvalue weighted by molar-refractivity contribution is 6.04. The molecule has 5 rings (SSSR count). The van der Waals surface area contributed by atoms with Crippen molar-refractivity contribution in [3.8, 4) is 11.5 Å². The number of ether oxygens (including phenoxy) is 4. The quantitative estimate of drug-likeness (QED) is 0.122. The Bertz CT molecular complexity index is 1470. The number of cyclic esters (lactones) is 1. The van der Waals surface area contributed by atoms with E-state index in [9.17, 15) is 9.59 Å². The molecule has 1 aliphatic rings. The Morgan fingerprint density at radius 3 is 1.95 bits per heavy atom. The lowest BCUT2D eigenvalue weighted by Crippen LogP contribution is -2.29. The van der Waals surface area contributed by atoms with Gasteiger partial charge in [0, 0.05) is 6.42 Å². The van der Waals surface area contributed by atoms with E-state index in [1.54, 1.807) is 6.07 Å². The predicted molar refractivity (Wildman–Crippen MR) is 161 cm³/mol. The molecule has 0 fully saturated rings. The van der Waals surface area contributed by atoms with Gasteiger partial charge in [0.2, 0.25) is 0 Å². The van der Waals surface area contributed by atoms with E-state index in [1.807, 2.05) is 91.0 Å². The van der Waals surface area contributed by atoms with Crippen LogP contribution in [-0.4, -0.2) is 18.0 Å². The largest absolute Gasteiger partial charge is 0.488 e. The Morgan fingerprint density at radius 1 is 0.786 bits per heavy atom. The van der Waals surface area contributed by atoms with Gasteiger partial charge in [-0.15, -0.1) is 0 Å². The topological polar surface area (TPSA) is 71.1 Å². The first-order valence-electron chi connectivity index (χ1n) is 14.6. The first-order valence-corrected chi connectivity index (χ1v) is 14.6. The molecular formula is C36H36O6. The molecule has 0 bridgehead atoms. The molecule has 42 heavy (non-hydrogen) atoms. The van der Waals surface area contributed by atoms with Crippen LogP contribution in [0.25, 0.3) is 0 Å². The van der Waals surface area contributed by atoms with Gasteiger partial charge in [0.15, 0.2) is 5.75 Å². The van der Waals surface area contributed by atoms with Crippen LogP contribution in [0.15, 0.2) is 97.1 Å². The molecule has 0 spiro atoms. The van der Waals surface area contributed by atoms with Crippen molar-refractivity contribution >= 4 is 11.9 Å². The number of esters is 2. The van der Waals surface area contributed by atoms with Gasteiger partial charge in [-0.05, 0) is 41.2 Å². The zero-order chi connectivity index (χ0) is 29.1. The van der Waals surface area contributed by atoms with E-state index in [4.69, 9.17) is 18.9 Å². The maximum Gasteiger partial charge on any atom is 0.346 e. The van der Waals surface area contributed by atoms with E-state index >= 15 is 0 Å². The molecule has 4 aromatic rings. The smallest absolute Gasteiger partial charge is 0.346 e. The fourth-order valence-corrected chi connectivity index (χ4v) is 5.06. The minimum Gasteiger partial charge on any atom is -0.488 e. The summed E-state index contributed by atoms with van der Waals surface area (Å²) < 4.78 is 24.2. The Balaban J connectivity index is 1.54. The fraction of sp³-hybridized carbons (Fsp3) is 0.278. The maximum absolute atomic E-state index is 13.8. The molecular weight excluding hydrogens is 528 g/mol. The third kappa shape index (κ3) is 7.38. The molecule has 4 aromatic carbocycles. The molecule has 1 atom stereocenters. The minimum absolute atomic E-state index is 0.0664. The number of hydrogen-bond donors (Lipinski definition) is 0. The standard InChI is InChI=1S/C36H36O6/c1-2-3-7-20-30-21-29-22-31(39-23-26-14-8-4-9-15-26)33(35(37)41-25-28-18-12-6-13-19-28)34(32(29)36(38)42-30)40-24-27-16-10-5-11-17-27/h4-6,8-19,22,30H,2-3,7,20-21,23-25H2,1H3/t30-/m1/s1. The number of carbonyl (C=O) groups is 2. The Kier molecular flexibility index (Phi) is 9.89. The number of unbranched alkanes of at least 4 members (excludes halogenated alkanes) is 2. The van der Waals surface area contributed by atoms with Gasteiger partial charge in [-0.3, -0.25) is 0 Å². The molecule has 216 valence electrons. The highest BCUT2D eigenvalue weighted by atomic mass is 16.6. The SMILES string of the molecule is CCCCC[C@@H]1Cc2cc(OCc3ccccc3)c(C(=O)OCc3ccccc3)c(OCc3ccccc3)c2C(=O)O1. The maximum atomic E-state index is 13.8. The third-order valence-electron chi connectivity index (χ3n) is 7.26. The van der Waals surface area contributed by atoms with Crippen LogP contribution < -0.4 is 9.47 Å². The molecule has 0 amide bonds. The Morgan fingerprint density at radius 2 is 1.36 bits per heavy atom. The van der Waals surface area contributed by atoms with Gasteiger partial charge in [-0.1, -0.05) is 111 Å². The minimum atomic E-state index is -0.634. The van der Waals surface area contributed by atoms with Crippen LogP contribution in [-0.2, 0) is 35.7 Å². The summed E-state index contributed by atoms with van der Waals surface area (Å²) >= 11 is 0. The summed E-state index contributed by atoms with van der Waals surface area (Å²) in [6.07, 6.45) is 4.19. The molecule has 1 heterocycles. The van der Waals surface area contributed by atoms with Gasteiger partial charge >= 0.3 is 11.9 Å². The average Bonchev–Trinajstić information content (AvgIpc) is 3.02. The number of benzene rings is 4. The average molecular weight is 565 g/mol. The predicted octanol–water partition coefficient (Wildman–Crippen LogP) is 7.86. The molecule has 0 saturated heterocycles. The second-order valence-electron chi connectivity index (χ2n) is 10.5. The van der Waals surface area contributed by atoms with Gasteiger partial charge in [-0.2, -0.15) is 0 Å². The zero-order valence-electron chi connectivity index (χ0n) is 23.9. The normalized spacial score (nSPS) is 14.0. The van der Waals surface area contributed by atoms with Crippen molar-refractivity contribution in [1.82, 2.24) is 0 Å². The lowest BCUT2D eigenvalue weighted by molar-refractivity contribution is 0.0225. The van der Waals surface area contributed by atoms with Gasteiger partial charge in [0.1, 0.15) is 42.8 Å². The summed E-state index contributed by atoms with van der Waals surface area (Å²) in [6.45, 7) is 2.60. The molecule has 6 heteroatoms. The summed E-state index contributed by atoms with van der Waals surface area (Å²) in [7, 11) is 0. The monoisotopic (exact) mass is 564 g/mol. The Hall–Kier alpha value is -4.58. The van der Waals surface area contributed by atoms with Crippen LogP contribution in [0.2, 0.25) is 0 Å². The van der Waals surface area contributed by atoms with Crippen molar-refractivity contribution in [2.45, 2.75) is 65.0 Å². The molecule has 1 aliphatic heterocycles. The summed E-state index contributed by atoms with van der Waals surface area (Å²) in [4.78, 5) is 27.3. The van der Waals surface area contributed by atoms with Gasteiger partial charge in [0.05, 0.1) is 0 Å². The highest BCUT2D eigenvalue weighted by Gasteiger charge is 2.35. The van der Waals surface area contributed by atoms with E-state index in [2.05, 4.69) is 6.92 Å². The summed E-state index contributed by atoms with van der Waals surface area (Å²) in [5.41, 5.74) is 3.78. The van der Waals surface area contributed by atoms with Crippen molar-refractivity contribution < 1.29 is 28.5 Å². The van der Waals surface area contributed by atoms with Crippen LogP contribution in [0.1, 0.15) is 75.6 Å². The highest BCUT2D eigenvalue weighted by Crippen LogP contribution is 2.41. The van der Waals surface area contributed by atoms with Gasteiger partial charge in [0.25, 0.3) is 0 Å². The first-order chi connectivity index (χ1) is 20.6. The van der Waals surface area contributed by atoms with E-state index in [0.717, 1.165) is 47.9 Å². The summed E-state index contributed by atoms with van der Waals surface area (Å²) in [5, 5.41) is 0. The summed E-state index contributed by atoms with van der Waals surface area (Å²) in [5.74, 6) is -0.673. The van der Waals surface area contributed by atoms with Crippen LogP contribution in [0.4, 0.5) is 0 Å². The van der Waals surface area contributed by atoms with E-state index in [0.29, 0.717) is 12.2 Å². The van der Waals surface area contributed by atoms with Gasteiger partial charge in [-0.25, -0.2) is 9.59 Å². The lowest BCUT2D eigenvalue weighted by Gasteiger charge is -2.28. The van der Waals surface area contributed by atoms with Crippen molar-refractivity contribution in [3.63, 3.8) is 0 Å². The van der Waals surface area contributed by atoms with Crippen molar-refractivity contribution in [3.05, 3.63) is 130 Å². The van der Waals surface area contributed by atoms with E-state index < -0.39 is 11.9 Å². The van der Waals surface area contributed by atoms with Crippen molar-refractivity contribution in [2.75, 3.05) is 0 Å². The van der Waals surface area contributed by atoms with Gasteiger partial charge < -0.3 is 18.9 Å². The molecule has 0 N–H and O–H groups in total. The fourth-order valence-electron chi connectivity index (χ4n) is 5.06. The van der Waals surface area contributed by atoms with E-state index in [-0.39, 0.29) is 42.8 Å². The second kappa shape index (κ2) is 14.4. The first kappa shape index (κ1) is 28.9. The zero-order valence-corrected chi connectivity index (χ0v) is 23.9. The number of fused-ring (bicyclic) bond motifs is 1. The number of carbonyl (C=O) groups excluding carboxylic acids is 2. The van der Waals surface area contributed by atoms with Crippen LogP contribution in [0, 0.1) is 0 Å². The molecule has 0 aliphatic carbocycles. The van der Waals surface area contributed by atoms with Crippen LogP contribution in [0.5, 0.6) is 11.5 Å². The Labute approximate surface area is 247 Å². The molecule has 0 saturated carbocycles. The summed E-state index contributed by atoms with van der Waals surface area (Å²) in [6, 6.07) is 30.6. The van der Waals surface area contributed by atoms with E-state index in [1.165, 1.54) is 0 Å². The number of rotatable bonds is 13. The number of hydrogen-bond acceptors (Lipinski definition) is 6. The van der Waals surface area contributed by atoms with Crippen LogP contribution in [0.3, 0.4) is 0 Å². The molecule has 0 radical (unpaired) electrons. The second-order valence-corrected chi connectivity index (χ2v) is 10.5. The molecule has 0 unspecified atom stereocenters. The molecule has 0 aromatic heterocycles. The molecule has 6 nitrogen and oxygen atoms in total.